The van der Waals surface area contributed by atoms with E-state index in [0.29, 0.717) is 6.42 Å². The van der Waals surface area contributed by atoms with Gasteiger partial charge in [-0.05, 0) is 59.1 Å². The Hall–Kier alpha value is -2.74. The van der Waals surface area contributed by atoms with Crippen LogP contribution in [0.2, 0.25) is 0 Å². The number of methoxy groups -OCH3 is 1. The highest BCUT2D eigenvalue weighted by molar-refractivity contribution is 7.17. The number of alkyl halides is 3. The summed E-state index contributed by atoms with van der Waals surface area (Å²) in [5.41, 5.74) is 1.49. The van der Waals surface area contributed by atoms with Crippen molar-refractivity contribution in [3.8, 4) is 11.5 Å². The monoisotopic (exact) mass is 409 g/mol. The highest BCUT2D eigenvalue weighted by Crippen LogP contribution is 2.30. The highest BCUT2D eigenvalue weighted by Gasteiger charge is 2.29. The molecule has 0 unspecified atom stereocenters. The number of carbonyl (C=O) groups excluding carboxylic acids is 1. The molecule has 3 rings (SSSR count). The lowest BCUT2D eigenvalue weighted by molar-refractivity contribution is -0.153. The van der Waals surface area contributed by atoms with Crippen LogP contribution in [0.15, 0.2) is 47.8 Å². The first kappa shape index (κ1) is 20.0. The second kappa shape index (κ2) is 8.52. The number of ether oxygens (including phenoxy) is 2. The number of hydrogen-bond donors (Lipinski definition) is 1. The standard InChI is InChI=1S/C20H18F3NO3S/c1-26-17-10-13(2-5-16(17)27-12-20(21,22)23)3-7-19(25)24-15-4-6-18-14(11-15)8-9-28-18/h2,4-6,8-11H,3,7,12H2,1H3,(H,24,25). The normalized spacial score (nSPS) is 11.4. The summed E-state index contributed by atoms with van der Waals surface area (Å²) in [5, 5.41) is 5.92. The molecule has 148 valence electrons. The van der Waals surface area contributed by atoms with Gasteiger partial charge < -0.3 is 14.8 Å². The molecule has 0 aliphatic heterocycles. The maximum absolute atomic E-state index is 12.3. The largest absolute Gasteiger partial charge is 0.493 e. The van der Waals surface area contributed by atoms with Crippen molar-refractivity contribution in [2.24, 2.45) is 0 Å². The van der Waals surface area contributed by atoms with Crippen molar-refractivity contribution < 1.29 is 27.4 Å². The molecule has 4 nitrogen and oxygen atoms in total. The van der Waals surface area contributed by atoms with Gasteiger partial charge in [-0.25, -0.2) is 0 Å². The summed E-state index contributed by atoms with van der Waals surface area (Å²) >= 11 is 1.63. The van der Waals surface area contributed by atoms with Gasteiger partial charge in [0.05, 0.1) is 7.11 Å². The van der Waals surface area contributed by atoms with Crippen LogP contribution >= 0.6 is 11.3 Å². The number of carbonyl (C=O) groups is 1. The van der Waals surface area contributed by atoms with Gasteiger partial charge in [0, 0.05) is 16.8 Å². The fraction of sp³-hybridized carbons (Fsp3) is 0.250. The topological polar surface area (TPSA) is 47.6 Å². The molecule has 2 aromatic carbocycles. The van der Waals surface area contributed by atoms with Gasteiger partial charge in [-0.1, -0.05) is 6.07 Å². The number of anilines is 1. The van der Waals surface area contributed by atoms with Crippen LogP contribution in [-0.4, -0.2) is 25.8 Å². The van der Waals surface area contributed by atoms with E-state index in [2.05, 4.69) is 5.32 Å². The van der Waals surface area contributed by atoms with E-state index in [4.69, 9.17) is 9.47 Å². The molecule has 0 bridgehead atoms. The van der Waals surface area contributed by atoms with E-state index in [0.717, 1.165) is 21.3 Å². The number of fused-ring (bicyclic) bond motifs is 1. The van der Waals surface area contributed by atoms with Gasteiger partial charge in [0.15, 0.2) is 18.1 Å². The predicted molar refractivity (Wildman–Crippen MR) is 103 cm³/mol. The Kier molecular flexibility index (Phi) is 6.08. The zero-order valence-corrected chi connectivity index (χ0v) is 15.8. The molecule has 0 aliphatic carbocycles. The molecule has 1 amide bonds. The van der Waals surface area contributed by atoms with E-state index in [-0.39, 0.29) is 23.8 Å². The summed E-state index contributed by atoms with van der Waals surface area (Å²) in [6.07, 6.45) is -3.77. The third-order valence-corrected chi connectivity index (χ3v) is 4.89. The van der Waals surface area contributed by atoms with E-state index >= 15 is 0 Å². The van der Waals surface area contributed by atoms with Crippen molar-refractivity contribution in [3.63, 3.8) is 0 Å². The molecule has 0 saturated heterocycles. The lowest BCUT2D eigenvalue weighted by atomic mass is 10.1. The van der Waals surface area contributed by atoms with Crippen LogP contribution in [-0.2, 0) is 11.2 Å². The molecule has 28 heavy (non-hydrogen) atoms. The lowest BCUT2D eigenvalue weighted by Crippen LogP contribution is -2.19. The van der Waals surface area contributed by atoms with Crippen molar-refractivity contribution >= 4 is 33.0 Å². The van der Waals surface area contributed by atoms with Crippen molar-refractivity contribution in [2.45, 2.75) is 19.0 Å². The van der Waals surface area contributed by atoms with Gasteiger partial charge in [-0.15, -0.1) is 11.3 Å². The molecular weight excluding hydrogens is 391 g/mol. The molecule has 0 spiro atoms. The van der Waals surface area contributed by atoms with Crippen LogP contribution in [0.1, 0.15) is 12.0 Å². The third kappa shape index (κ3) is 5.39. The Labute approximate surface area is 163 Å². The maximum atomic E-state index is 12.3. The first-order valence-electron chi connectivity index (χ1n) is 8.47. The zero-order valence-electron chi connectivity index (χ0n) is 15.0. The minimum absolute atomic E-state index is 0.0112. The molecule has 8 heteroatoms. The average Bonchev–Trinajstić information content (AvgIpc) is 3.12. The summed E-state index contributed by atoms with van der Waals surface area (Å²) in [7, 11) is 1.35. The lowest BCUT2D eigenvalue weighted by Gasteiger charge is -2.13. The molecule has 0 aliphatic rings. The van der Waals surface area contributed by atoms with Crippen LogP contribution in [0, 0.1) is 0 Å². The maximum Gasteiger partial charge on any atom is 0.422 e. The van der Waals surface area contributed by atoms with E-state index in [1.54, 1.807) is 23.5 Å². The Bertz CT molecular complexity index is 969. The SMILES string of the molecule is COc1cc(CCC(=O)Nc2ccc3sccc3c2)ccc1OCC(F)(F)F. The van der Waals surface area contributed by atoms with Crippen LogP contribution in [0.25, 0.3) is 10.1 Å². The first-order chi connectivity index (χ1) is 13.3. The van der Waals surface area contributed by atoms with Crippen molar-refractivity contribution in [1.29, 1.82) is 0 Å². The van der Waals surface area contributed by atoms with Crippen LogP contribution in [0.3, 0.4) is 0 Å². The third-order valence-electron chi connectivity index (χ3n) is 4.00. The number of rotatable bonds is 7. The van der Waals surface area contributed by atoms with Gasteiger partial charge in [-0.2, -0.15) is 13.2 Å². The summed E-state index contributed by atoms with van der Waals surface area (Å²) in [6, 6.07) is 12.3. The van der Waals surface area contributed by atoms with Crippen molar-refractivity contribution in [2.75, 3.05) is 19.0 Å². The van der Waals surface area contributed by atoms with Gasteiger partial charge >= 0.3 is 6.18 Å². The Morgan fingerprint density at radius 1 is 1.11 bits per heavy atom. The highest BCUT2D eigenvalue weighted by atomic mass is 32.1. The average molecular weight is 409 g/mol. The molecule has 1 aromatic heterocycles. The number of hydrogen-bond acceptors (Lipinski definition) is 4. The number of benzene rings is 2. The minimum Gasteiger partial charge on any atom is -0.493 e. The molecular formula is C20H18F3NO3S. The van der Waals surface area contributed by atoms with Gasteiger partial charge in [0.2, 0.25) is 5.91 Å². The quantitative estimate of drug-likeness (QED) is 0.567. The van der Waals surface area contributed by atoms with Gasteiger partial charge in [-0.3, -0.25) is 4.79 Å². The summed E-state index contributed by atoms with van der Waals surface area (Å²) < 4.78 is 47.9. The van der Waals surface area contributed by atoms with E-state index in [1.165, 1.54) is 13.2 Å². The molecule has 1 heterocycles. The number of thiophene rings is 1. The van der Waals surface area contributed by atoms with Gasteiger partial charge in [0.1, 0.15) is 0 Å². The second-order valence-corrected chi connectivity index (χ2v) is 7.06. The zero-order chi connectivity index (χ0) is 20.1. The molecule has 0 atom stereocenters. The van der Waals surface area contributed by atoms with E-state index in [9.17, 15) is 18.0 Å². The number of amides is 1. The second-order valence-electron chi connectivity index (χ2n) is 6.11. The predicted octanol–water partition coefficient (Wildman–Crippen LogP) is 5.42. The molecule has 1 N–H and O–H groups in total. The fourth-order valence-corrected chi connectivity index (χ4v) is 3.44. The molecule has 0 saturated carbocycles. The number of nitrogens with one attached hydrogen (secondary N) is 1. The summed E-state index contributed by atoms with van der Waals surface area (Å²) in [6.45, 7) is -1.39. The number of halogens is 3. The first-order valence-corrected chi connectivity index (χ1v) is 9.35. The molecule has 0 fully saturated rings. The van der Waals surface area contributed by atoms with E-state index in [1.807, 2.05) is 29.6 Å². The summed E-state index contributed by atoms with van der Waals surface area (Å²) in [4.78, 5) is 12.2. The molecule has 3 aromatic rings. The van der Waals surface area contributed by atoms with Gasteiger partial charge in [0.25, 0.3) is 0 Å². The minimum atomic E-state index is -4.42. The Balaban J connectivity index is 1.57. The Morgan fingerprint density at radius 3 is 2.68 bits per heavy atom. The van der Waals surface area contributed by atoms with Crippen molar-refractivity contribution in [1.82, 2.24) is 0 Å². The van der Waals surface area contributed by atoms with Crippen LogP contribution < -0.4 is 14.8 Å². The molecule has 0 radical (unpaired) electrons. The Morgan fingerprint density at radius 2 is 1.93 bits per heavy atom. The van der Waals surface area contributed by atoms with Crippen LogP contribution in [0.5, 0.6) is 11.5 Å². The fourth-order valence-electron chi connectivity index (χ4n) is 2.67. The number of aryl methyl sites for hydroxylation is 1. The smallest absolute Gasteiger partial charge is 0.422 e. The van der Waals surface area contributed by atoms with E-state index < -0.39 is 12.8 Å². The summed E-state index contributed by atoms with van der Waals surface area (Å²) in [5.74, 6) is 0.0631. The van der Waals surface area contributed by atoms with Crippen molar-refractivity contribution in [3.05, 3.63) is 53.4 Å². The van der Waals surface area contributed by atoms with Crippen LogP contribution in [0.4, 0.5) is 18.9 Å².